The van der Waals surface area contributed by atoms with Crippen LogP contribution in [0.2, 0.25) is 0 Å². The van der Waals surface area contributed by atoms with Gasteiger partial charge in [0.05, 0.1) is 17.6 Å². The molecule has 1 aromatic heterocycles. The lowest BCUT2D eigenvalue weighted by Gasteiger charge is -2.29. The van der Waals surface area contributed by atoms with E-state index < -0.39 is 0 Å². The Morgan fingerprint density at radius 2 is 2.00 bits per heavy atom. The number of halogens is 1. The first-order valence-corrected chi connectivity index (χ1v) is 6.80. The number of rotatable bonds is 1. The highest BCUT2D eigenvalue weighted by molar-refractivity contribution is 6.15. The highest BCUT2D eigenvalue weighted by atomic mass is 19.1. The topological polar surface area (TPSA) is 62.3 Å². The molecule has 0 radical (unpaired) electrons. The monoisotopic (exact) mass is 299 g/mol. The van der Waals surface area contributed by atoms with E-state index in [0.29, 0.717) is 28.1 Å². The molecule has 0 fully saturated rings. The summed E-state index contributed by atoms with van der Waals surface area (Å²) in [5.41, 5.74) is 2.23. The Morgan fingerprint density at radius 1 is 1.32 bits per heavy atom. The summed E-state index contributed by atoms with van der Waals surface area (Å²) in [7, 11) is 0. The molecule has 0 spiro atoms. The Hall–Kier alpha value is -2.76. The second-order valence-corrected chi connectivity index (χ2v) is 5.26. The van der Waals surface area contributed by atoms with Crippen molar-refractivity contribution in [3.63, 3.8) is 0 Å². The number of aryl methyl sites for hydroxylation is 2. The first-order chi connectivity index (χ1) is 10.5. The van der Waals surface area contributed by atoms with Gasteiger partial charge in [0, 0.05) is 11.8 Å². The molecule has 22 heavy (non-hydrogen) atoms. The molecule has 1 N–H and O–H groups in total. The maximum Gasteiger partial charge on any atom is 0.258 e. The molecule has 0 saturated heterocycles. The van der Waals surface area contributed by atoms with Crippen molar-refractivity contribution in [2.24, 2.45) is 0 Å². The van der Waals surface area contributed by atoms with E-state index in [4.69, 9.17) is 0 Å². The number of hydrogen-bond acceptors (Lipinski definition) is 3. The maximum atomic E-state index is 13.7. The normalized spacial score (nSPS) is 13.6. The zero-order valence-electron chi connectivity index (χ0n) is 12.2. The fourth-order valence-electron chi connectivity index (χ4n) is 2.54. The lowest BCUT2D eigenvalue weighted by atomic mass is 10.0. The van der Waals surface area contributed by atoms with Crippen LogP contribution in [0.3, 0.4) is 0 Å². The fourth-order valence-corrected chi connectivity index (χ4v) is 2.54. The Morgan fingerprint density at radius 3 is 2.68 bits per heavy atom. The molecule has 0 aliphatic carbocycles. The number of pyridine rings is 1. The Labute approximate surface area is 126 Å². The summed E-state index contributed by atoms with van der Waals surface area (Å²) in [4.78, 5) is 29.8. The molecule has 2 heterocycles. The molecule has 2 amide bonds. The SMILES string of the molecule is Cc1cc(C(=O)N2CC(=O)Nc3cnccc32)cc(C)c1F. The number of nitrogens with one attached hydrogen (secondary N) is 1. The third-order valence-electron chi connectivity index (χ3n) is 3.59. The molecule has 6 heteroatoms. The zero-order chi connectivity index (χ0) is 15.9. The van der Waals surface area contributed by atoms with Crippen LogP contribution in [0.1, 0.15) is 21.5 Å². The summed E-state index contributed by atoms with van der Waals surface area (Å²) in [5, 5.41) is 2.67. The number of aromatic nitrogens is 1. The van der Waals surface area contributed by atoms with Crippen molar-refractivity contribution in [2.45, 2.75) is 13.8 Å². The van der Waals surface area contributed by atoms with Crippen LogP contribution in [0.25, 0.3) is 0 Å². The first-order valence-electron chi connectivity index (χ1n) is 6.80. The molecule has 1 aliphatic heterocycles. The second kappa shape index (κ2) is 5.22. The van der Waals surface area contributed by atoms with E-state index in [2.05, 4.69) is 10.3 Å². The van der Waals surface area contributed by atoms with Crippen molar-refractivity contribution in [2.75, 3.05) is 16.8 Å². The first kappa shape index (κ1) is 14.2. The molecule has 3 rings (SSSR count). The van der Waals surface area contributed by atoms with Crippen LogP contribution in [0.4, 0.5) is 15.8 Å². The Kier molecular flexibility index (Phi) is 3.36. The number of amides is 2. The van der Waals surface area contributed by atoms with Crippen LogP contribution >= 0.6 is 0 Å². The molecule has 0 atom stereocenters. The van der Waals surface area contributed by atoms with Gasteiger partial charge in [0.1, 0.15) is 12.4 Å². The molecule has 5 nitrogen and oxygen atoms in total. The number of anilines is 2. The van der Waals surface area contributed by atoms with Crippen molar-refractivity contribution in [1.82, 2.24) is 4.98 Å². The predicted molar refractivity (Wildman–Crippen MR) is 80.4 cm³/mol. The summed E-state index contributed by atoms with van der Waals surface area (Å²) >= 11 is 0. The molecule has 2 aromatic rings. The fraction of sp³-hybridized carbons (Fsp3) is 0.188. The van der Waals surface area contributed by atoms with Gasteiger partial charge >= 0.3 is 0 Å². The van der Waals surface area contributed by atoms with Crippen LogP contribution in [-0.2, 0) is 4.79 Å². The third kappa shape index (κ3) is 2.32. The summed E-state index contributed by atoms with van der Waals surface area (Å²) in [6, 6.07) is 4.66. The third-order valence-corrected chi connectivity index (χ3v) is 3.59. The molecule has 0 unspecified atom stereocenters. The van der Waals surface area contributed by atoms with E-state index in [1.807, 2.05) is 0 Å². The molecule has 0 bridgehead atoms. The van der Waals surface area contributed by atoms with E-state index in [-0.39, 0.29) is 24.2 Å². The summed E-state index contributed by atoms with van der Waals surface area (Å²) in [6.45, 7) is 3.14. The van der Waals surface area contributed by atoms with Crippen LogP contribution in [0.5, 0.6) is 0 Å². The maximum absolute atomic E-state index is 13.7. The molecule has 0 saturated carbocycles. The van der Waals surface area contributed by atoms with E-state index in [9.17, 15) is 14.0 Å². The molecule has 112 valence electrons. The second-order valence-electron chi connectivity index (χ2n) is 5.26. The Bertz CT molecular complexity index is 766. The van der Waals surface area contributed by atoms with Crippen LogP contribution in [-0.4, -0.2) is 23.3 Å². The number of carbonyl (C=O) groups excluding carboxylic acids is 2. The van der Waals surface area contributed by atoms with Gasteiger partial charge in [-0.15, -0.1) is 0 Å². The summed E-state index contributed by atoms with van der Waals surface area (Å²) in [5.74, 6) is -0.949. The highest BCUT2D eigenvalue weighted by Crippen LogP contribution is 2.29. The minimum Gasteiger partial charge on any atom is -0.321 e. The summed E-state index contributed by atoms with van der Waals surface area (Å²) in [6.07, 6.45) is 3.05. The van der Waals surface area contributed by atoms with E-state index in [0.717, 1.165) is 0 Å². The van der Waals surface area contributed by atoms with Crippen molar-refractivity contribution in [1.29, 1.82) is 0 Å². The molecular weight excluding hydrogens is 285 g/mol. The average Bonchev–Trinajstić information content (AvgIpc) is 2.50. The van der Waals surface area contributed by atoms with Gasteiger partial charge in [0.15, 0.2) is 0 Å². The largest absolute Gasteiger partial charge is 0.321 e. The smallest absolute Gasteiger partial charge is 0.258 e. The average molecular weight is 299 g/mol. The lowest BCUT2D eigenvalue weighted by molar-refractivity contribution is -0.115. The minimum atomic E-state index is -0.339. The van der Waals surface area contributed by atoms with Crippen LogP contribution in [0, 0.1) is 19.7 Å². The standard InChI is InChI=1S/C16H14FN3O2/c1-9-5-11(6-10(2)15(9)17)16(22)20-8-14(21)19-12-7-18-4-3-13(12)20/h3-7H,8H2,1-2H3,(H,19,21). The molecule has 1 aliphatic rings. The quantitative estimate of drug-likeness (QED) is 0.879. The van der Waals surface area contributed by atoms with Gasteiger partial charge in [0.2, 0.25) is 5.91 Å². The molecular formula is C16H14FN3O2. The van der Waals surface area contributed by atoms with Gasteiger partial charge in [-0.1, -0.05) is 0 Å². The van der Waals surface area contributed by atoms with Crippen molar-refractivity contribution in [3.8, 4) is 0 Å². The number of carbonyl (C=O) groups is 2. The number of fused-ring (bicyclic) bond motifs is 1. The van der Waals surface area contributed by atoms with Crippen molar-refractivity contribution in [3.05, 3.63) is 53.1 Å². The van der Waals surface area contributed by atoms with Crippen molar-refractivity contribution < 1.29 is 14.0 Å². The summed E-state index contributed by atoms with van der Waals surface area (Å²) < 4.78 is 13.7. The van der Waals surface area contributed by atoms with Gasteiger partial charge in [-0.25, -0.2) is 4.39 Å². The van der Waals surface area contributed by atoms with Gasteiger partial charge in [0.25, 0.3) is 5.91 Å². The Balaban J connectivity index is 2.04. The lowest BCUT2D eigenvalue weighted by Crippen LogP contribution is -2.42. The van der Waals surface area contributed by atoms with Crippen LogP contribution < -0.4 is 10.2 Å². The zero-order valence-corrected chi connectivity index (χ0v) is 12.2. The number of hydrogen-bond donors (Lipinski definition) is 1. The van der Waals surface area contributed by atoms with E-state index in [1.54, 1.807) is 26.1 Å². The number of benzene rings is 1. The van der Waals surface area contributed by atoms with E-state index >= 15 is 0 Å². The van der Waals surface area contributed by atoms with Gasteiger partial charge in [-0.3, -0.25) is 19.5 Å². The van der Waals surface area contributed by atoms with Gasteiger partial charge in [-0.2, -0.15) is 0 Å². The van der Waals surface area contributed by atoms with Crippen LogP contribution in [0.15, 0.2) is 30.6 Å². The van der Waals surface area contributed by atoms with E-state index in [1.165, 1.54) is 23.2 Å². The van der Waals surface area contributed by atoms with Crippen molar-refractivity contribution >= 4 is 23.2 Å². The number of nitrogens with zero attached hydrogens (tertiary/aromatic N) is 2. The van der Waals surface area contributed by atoms with Gasteiger partial charge in [-0.05, 0) is 43.2 Å². The highest BCUT2D eigenvalue weighted by Gasteiger charge is 2.28. The predicted octanol–water partition coefficient (Wildman–Crippen LogP) is 2.44. The minimum absolute atomic E-state index is 0.0781. The molecule has 1 aromatic carbocycles. The van der Waals surface area contributed by atoms with Gasteiger partial charge < -0.3 is 5.32 Å².